The fraction of sp³-hybridized carbons (Fsp3) is 0.0588. The first-order valence-corrected chi connectivity index (χ1v) is 8.40. The van der Waals surface area contributed by atoms with Gasteiger partial charge < -0.3 is 5.32 Å². The molecule has 1 amide bonds. The molecule has 1 N–H and O–H groups in total. The lowest BCUT2D eigenvalue weighted by atomic mass is 10.1. The van der Waals surface area contributed by atoms with Gasteiger partial charge in [-0.1, -0.05) is 53.0 Å². The average Bonchev–Trinajstić information content (AvgIpc) is 2.85. The highest BCUT2D eigenvalue weighted by Gasteiger charge is 2.24. The number of halogens is 2. The molecule has 3 rings (SSSR count). The van der Waals surface area contributed by atoms with Crippen LogP contribution >= 0.6 is 35.0 Å². The van der Waals surface area contributed by atoms with Crippen molar-refractivity contribution in [3.05, 3.63) is 68.5 Å². The highest BCUT2D eigenvalue weighted by Crippen LogP contribution is 2.32. The Morgan fingerprint density at radius 2 is 1.87 bits per heavy atom. The van der Waals surface area contributed by atoms with E-state index in [1.54, 1.807) is 18.2 Å². The Labute approximate surface area is 148 Å². The number of carbonyl (C=O) groups excluding carboxylic acids is 1. The van der Waals surface area contributed by atoms with Crippen LogP contribution in [0, 0.1) is 6.92 Å². The monoisotopic (exact) mass is 362 g/mol. The van der Waals surface area contributed by atoms with Crippen LogP contribution in [0.25, 0.3) is 6.08 Å². The quantitative estimate of drug-likeness (QED) is 0.746. The van der Waals surface area contributed by atoms with Crippen molar-refractivity contribution < 1.29 is 4.79 Å². The molecule has 0 atom stereocenters. The van der Waals surface area contributed by atoms with Gasteiger partial charge in [0, 0.05) is 5.02 Å². The Hall–Kier alpha value is -1.75. The van der Waals surface area contributed by atoms with Gasteiger partial charge in [0.1, 0.15) is 0 Å². The summed E-state index contributed by atoms with van der Waals surface area (Å²) in [5.74, 6) is -0.174. The number of hydrogen-bond acceptors (Lipinski definition) is 3. The van der Waals surface area contributed by atoms with Gasteiger partial charge in [-0.15, -0.1) is 0 Å². The van der Waals surface area contributed by atoms with Gasteiger partial charge in [0.05, 0.1) is 15.6 Å². The third-order valence-corrected chi connectivity index (χ3v) is 4.62. The van der Waals surface area contributed by atoms with Gasteiger partial charge in [0.2, 0.25) is 0 Å². The molecule has 1 fully saturated rings. The fourth-order valence-electron chi connectivity index (χ4n) is 1.98. The Kier molecular flexibility index (Phi) is 4.76. The predicted octanol–water partition coefficient (Wildman–Crippen LogP) is 5.19. The fourth-order valence-corrected chi connectivity index (χ4v) is 3.14. The van der Waals surface area contributed by atoms with Crippen molar-refractivity contribution in [1.82, 2.24) is 5.32 Å². The van der Waals surface area contributed by atoms with Gasteiger partial charge in [-0.05, 0) is 48.5 Å². The van der Waals surface area contributed by atoms with E-state index in [4.69, 9.17) is 23.2 Å². The number of carbonyl (C=O) groups is 1. The number of nitrogens with one attached hydrogen (secondary N) is 1. The molecule has 0 bridgehead atoms. The van der Waals surface area contributed by atoms with Crippen molar-refractivity contribution in [2.24, 2.45) is 4.99 Å². The molecule has 6 heteroatoms. The van der Waals surface area contributed by atoms with E-state index in [9.17, 15) is 4.79 Å². The van der Waals surface area contributed by atoms with Crippen LogP contribution in [0.1, 0.15) is 11.1 Å². The zero-order chi connectivity index (χ0) is 16.4. The highest BCUT2D eigenvalue weighted by atomic mass is 35.5. The van der Waals surface area contributed by atoms with Crippen LogP contribution < -0.4 is 5.32 Å². The number of rotatable bonds is 2. The lowest BCUT2D eigenvalue weighted by molar-refractivity contribution is -0.115. The second kappa shape index (κ2) is 6.79. The molecule has 1 aliphatic heterocycles. The van der Waals surface area contributed by atoms with E-state index in [0.717, 1.165) is 5.56 Å². The zero-order valence-electron chi connectivity index (χ0n) is 12.1. The van der Waals surface area contributed by atoms with Crippen molar-refractivity contribution in [2.75, 3.05) is 0 Å². The number of thioether (sulfide) groups is 1. The summed E-state index contributed by atoms with van der Waals surface area (Å²) in [4.78, 5) is 17.0. The van der Waals surface area contributed by atoms with Crippen molar-refractivity contribution in [2.45, 2.75) is 6.92 Å². The molecule has 0 radical (unpaired) electrons. The second-order valence-electron chi connectivity index (χ2n) is 4.99. The first-order valence-electron chi connectivity index (χ1n) is 6.82. The zero-order valence-corrected chi connectivity index (χ0v) is 14.5. The maximum absolute atomic E-state index is 12.1. The van der Waals surface area contributed by atoms with Crippen LogP contribution in [-0.2, 0) is 4.79 Å². The standard InChI is InChI=1S/C17H12Cl2N2OS/c1-10-2-4-11(5-3-10)8-15-16(22)21-17(23-15)20-14-9-12(18)6-7-13(14)19/h2-9H,1H3,(H,20,21,22)/b15-8+. The Balaban J connectivity index is 1.86. The average molecular weight is 363 g/mol. The second-order valence-corrected chi connectivity index (χ2v) is 6.86. The third kappa shape index (κ3) is 3.96. The smallest absolute Gasteiger partial charge is 0.264 e. The van der Waals surface area contributed by atoms with Crippen LogP contribution in [0.4, 0.5) is 5.69 Å². The Bertz CT molecular complexity index is 829. The van der Waals surface area contributed by atoms with E-state index in [0.29, 0.717) is 25.8 Å². The molecule has 1 saturated heterocycles. The minimum absolute atomic E-state index is 0.174. The summed E-state index contributed by atoms with van der Waals surface area (Å²) >= 11 is 13.3. The molecule has 0 spiro atoms. The maximum Gasteiger partial charge on any atom is 0.264 e. The van der Waals surface area contributed by atoms with Gasteiger partial charge in [0.15, 0.2) is 5.17 Å². The first kappa shape index (κ1) is 16.1. The van der Waals surface area contributed by atoms with E-state index in [2.05, 4.69) is 10.3 Å². The molecular weight excluding hydrogens is 351 g/mol. The molecule has 1 heterocycles. The predicted molar refractivity (Wildman–Crippen MR) is 98.4 cm³/mol. The van der Waals surface area contributed by atoms with Crippen LogP contribution in [0.2, 0.25) is 10.0 Å². The molecule has 1 aliphatic rings. The number of hydrogen-bond donors (Lipinski definition) is 1. The lowest BCUT2D eigenvalue weighted by Gasteiger charge is -2.00. The summed E-state index contributed by atoms with van der Waals surface area (Å²) in [6.45, 7) is 2.02. The number of nitrogens with zero attached hydrogens (tertiary/aromatic N) is 1. The number of amides is 1. The Morgan fingerprint density at radius 1 is 1.13 bits per heavy atom. The third-order valence-electron chi connectivity index (χ3n) is 3.16. The topological polar surface area (TPSA) is 41.5 Å². The van der Waals surface area contributed by atoms with Crippen molar-refractivity contribution in [3.8, 4) is 0 Å². The summed E-state index contributed by atoms with van der Waals surface area (Å²) < 4.78 is 0. The lowest BCUT2D eigenvalue weighted by Crippen LogP contribution is -2.19. The van der Waals surface area contributed by atoms with Gasteiger partial charge in [-0.2, -0.15) is 0 Å². The number of aliphatic imine (C=N–C) groups is 1. The van der Waals surface area contributed by atoms with E-state index < -0.39 is 0 Å². The summed E-state index contributed by atoms with van der Waals surface area (Å²) in [5, 5.41) is 4.24. The van der Waals surface area contributed by atoms with Crippen LogP contribution in [0.5, 0.6) is 0 Å². The van der Waals surface area contributed by atoms with Crippen LogP contribution in [0.15, 0.2) is 52.4 Å². The molecule has 0 saturated carbocycles. The van der Waals surface area contributed by atoms with Gasteiger partial charge >= 0.3 is 0 Å². The molecule has 23 heavy (non-hydrogen) atoms. The molecule has 0 unspecified atom stereocenters. The first-order chi connectivity index (χ1) is 11.0. The molecular formula is C17H12Cl2N2OS. The summed E-state index contributed by atoms with van der Waals surface area (Å²) in [7, 11) is 0. The molecule has 0 aliphatic carbocycles. The van der Waals surface area contributed by atoms with Gasteiger partial charge in [-0.3, -0.25) is 4.79 Å². The summed E-state index contributed by atoms with van der Waals surface area (Å²) in [6, 6.07) is 13.0. The van der Waals surface area contributed by atoms with Gasteiger partial charge in [-0.25, -0.2) is 4.99 Å². The largest absolute Gasteiger partial charge is 0.300 e. The molecule has 2 aromatic rings. The van der Waals surface area contributed by atoms with Crippen LogP contribution in [-0.4, -0.2) is 11.1 Å². The van der Waals surface area contributed by atoms with E-state index in [1.165, 1.54) is 17.3 Å². The van der Waals surface area contributed by atoms with Crippen LogP contribution in [0.3, 0.4) is 0 Å². The Morgan fingerprint density at radius 3 is 2.61 bits per heavy atom. The van der Waals surface area contributed by atoms with Crippen molar-refractivity contribution >= 4 is 57.8 Å². The van der Waals surface area contributed by atoms with Crippen molar-refractivity contribution in [1.29, 1.82) is 0 Å². The summed E-state index contributed by atoms with van der Waals surface area (Å²) in [5.41, 5.74) is 2.67. The van der Waals surface area contributed by atoms with E-state index in [1.807, 2.05) is 37.3 Å². The van der Waals surface area contributed by atoms with Crippen molar-refractivity contribution in [3.63, 3.8) is 0 Å². The minimum atomic E-state index is -0.174. The number of aryl methyl sites for hydroxylation is 1. The minimum Gasteiger partial charge on any atom is -0.300 e. The maximum atomic E-state index is 12.1. The number of benzene rings is 2. The normalized spacial score (nSPS) is 17.8. The molecule has 2 aromatic carbocycles. The van der Waals surface area contributed by atoms with E-state index in [-0.39, 0.29) is 5.91 Å². The summed E-state index contributed by atoms with van der Waals surface area (Å²) in [6.07, 6.45) is 1.83. The molecule has 3 nitrogen and oxygen atoms in total. The SMILES string of the molecule is Cc1ccc(/C=C2/SC(=Nc3cc(Cl)ccc3Cl)NC2=O)cc1. The number of amidine groups is 1. The highest BCUT2D eigenvalue weighted by molar-refractivity contribution is 8.18. The molecule has 116 valence electrons. The molecule has 0 aromatic heterocycles. The van der Waals surface area contributed by atoms with Gasteiger partial charge in [0.25, 0.3) is 5.91 Å². The van der Waals surface area contributed by atoms with E-state index >= 15 is 0 Å².